The second-order valence-electron chi connectivity index (χ2n) is 9.99. The van der Waals surface area contributed by atoms with Crippen molar-refractivity contribution in [1.29, 1.82) is 0 Å². The number of nitrogens with zero attached hydrogens (tertiary/aromatic N) is 1. The van der Waals surface area contributed by atoms with E-state index < -0.39 is 17.7 Å². The number of methoxy groups -OCH3 is 1. The number of unbranched alkanes of at least 4 members (excludes halogenated alkanes) is 2. The van der Waals surface area contributed by atoms with E-state index in [9.17, 15) is 14.7 Å². The number of rotatable bonds is 13. The van der Waals surface area contributed by atoms with Crippen LogP contribution in [0.2, 0.25) is 0 Å². The molecule has 2 heterocycles. The lowest BCUT2D eigenvalue weighted by atomic mass is 9.94. The minimum atomic E-state index is -0.779. The van der Waals surface area contributed by atoms with E-state index in [0.29, 0.717) is 61.8 Å². The van der Waals surface area contributed by atoms with Crippen molar-refractivity contribution in [3.8, 4) is 17.2 Å². The fraction of sp³-hybridized carbons (Fsp3) is 0.484. The summed E-state index contributed by atoms with van der Waals surface area (Å²) in [5.41, 5.74) is 2.16. The van der Waals surface area contributed by atoms with Gasteiger partial charge in [0, 0.05) is 32.2 Å². The maximum absolute atomic E-state index is 13.4. The topological polar surface area (TPSA) is 94.5 Å². The van der Waals surface area contributed by atoms with Crippen LogP contribution in [-0.4, -0.2) is 61.3 Å². The molecule has 0 spiro atoms. The largest absolute Gasteiger partial charge is 0.507 e. The summed E-state index contributed by atoms with van der Waals surface area (Å²) in [5, 5.41) is 11.5. The zero-order chi connectivity index (χ0) is 27.9. The number of benzene rings is 2. The molecule has 1 saturated heterocycles. The molecule has 4 rings (SSSR count). The summed E-state index contributed by atoms with van der Waals surface area (Å²) in [6.07, 6.45) is 4.41. The summed E-state index contributed by atoms with van der Waals surface area (Å²) in [6.45, 7) is 7.76. The van der Waals surface area contributed by atoms with E-state index in [1.165, 1.54) is 4.90 Å². The molecule has 2 aromatic rings. The molecular weight excluding hydrogens is 498 g/mol. The number of carbonyl (C=O) groups excluding carboxylic acids is 2. The van der Waals surface area contributed by atoms with Crippen LogP contribution in [0.1, 0.15) is 69.2 Å². The lowest BCUT2D eigenvalue weighted by Gasteiger charge is -2.26. The highest BCUT2D eigenvalue weighted by atomic mass is 16.5. The Bertz CT molecular complexity index is 1220. The molecule has 210 valence electrons. The van der Waals surface area contributed by atoms with Crippen LogP contribution < -0.4 is 14.2 Å². The predicted molar refractivity (Wildman–Crippen MR) is 148 cm³/mol. The summed E-state index contributed by atoms with van der Waals surface area (Å²) in [7, 11) is 1.59. The average Bonchev–Trinajstić information content (AvgIpc) is 3.42. The molecule has 8 nitrogen and oxygen atoms in total. The van der Waals surface area contributed by atoms with Crippen molar-refractivity contribution in [3.05, 3.63) is 58.7 Å². The van der Waals surface area contributed by atoms with Gasteiger partial charge in [-0.05, 0) is 68.1 Å². The van der Waals surface area contributed by atoms with Gasteiger partial charge < -0.3 is 29.0 Å². The average molecular weight is 538 g/mol. The van der Waals surface area contributed by atoms with Crippen LogP contribution in [0.3, 0.4) is 0 Å². The smallest absolute Gasteiger partial charge is 0.295 e. The van der Waals surface area contributed by atoms with Gasteiger partial charge >= 0.3 is 0 Å². The minimum Gasteiger partial charge on any atom is -0.507 e. The number of likely N-dealkylation sites (tertiary alicyclic amines) is 1. The van der Waals surface area contributed by atoms with Crippen LogP contribution in [0.25, 0.3) is 5.76 Å². The summed E-state index contributed by atoms with van der Waals surface area (Å²) in [5.74, 6) is 0.365. The van der Waals surface area contributed by atoms with Crippen molar-refractivity contribution >= 4 is 17.4 Å². The molecule has 0 bridgehead atoms. The number of ketones is 1. The Morgan fingerprint density at radius 1 is 1.03 bits per heavy atom. The lowest BCUT2D eigenvalue weighted by molar-refractivity contribution is -0.140. The maximum Gasteiger partial charge on any atom is 0.295 e. The van der Waals surface area contributed by atoms with E-state index >= 15 is 0 Å². The molecule has 8 heteroatoms. The normalized spacial score (nSPS) is 19.7. The van der Waals surface area contributed by atoms with E-state index in [-0.39, 0.29) is 17.4 Å². The van der Waals surface area contributed by atoms with Gasteiger partial charge in [0.2, 0.25) is 0 Å². The van der Waals surface area contributed by atoms with Crippen molar-refractivity contribution in [2.45, 2.75) is 65.0 Å². The molecule has 1 fully saturated rings. The summed E-state index contributed by atoms with van der Waals surface area (Å²) >= 11 is 0. The third-order valence-corrected chi connectivity index (χ3v) is 7.05. The third-order valence-electron chi connectivity index (χ3n) is 7.05. The van der Waals surface area contributed by atoms with E-state index in [1.807, 2.05) is 38.1 Å². The Morgan fingerprint density at radius 2 is 1.85 bits per heavy atom. The molecule has 0 radical (unpaired) electrons. The Morgan fingerprint density at radius 3 is 2.59 bits per heavy atom. The number of fused-ring (bicyclic) bond motifs is 1. The molecule has 2 aliphatic rings. The monoisotopic (exact) mass is 537 g/mol. The van der Waals surface area contributed by atoms with Crippen LogP contribution in [0.5, 0.6) is 17.2 Å². The third kappa shape index (κ3) is 6.22. The van der Waals surface area contributed by atoms with Gasteiger partial charge in [0.15, 0.2) is 11.5 Å². The first-order valence-electron chi connectivity index (χ1n) is 13.9. The Hall–Kier alpha value is -3.52. The highest BCUT2D eigenvalue weighted by Gasteiger charge is 2.46. The van der Waals surface area contributed by atoms with Crippen LogP contribution >= 0.6 is 0 Å². The highest BCUT2D eigenvalue weighted by molar-refractivity contribution is 6.46. The number of aliphatic hydroxyl groups is 1. The predicted octanol–water partition coefficient (Wildman–Crippen LogP) is 5.44. The molecular formula is C31H39NO7. The molecule has 2 aromatic carbocycles. The molecule has 0 aromatic heterocycles. The molecule has 1 amide bonds. The lowest BCUT2D eigenvalue weighted by Crippen LogP contribution is -2.31. The first-order chi connectivity index (χ1) is 18.9. The fourth-order valence-corrected chi connectivity index (χ4v) is 5.18. The molecule has 0 saturated carbocycles. The molecule has 39 heavy (non-hydrogen) atoms. The second-order valence-corrected chi connectivity index (χ2v) is 9.99. The fourth-order valence-electron chi connectivity index (χ4n) is 5.18. The number of ether oxygens (including phenoxy) is 4. The standard InChI is InChI=1S/C31H39NO7/c1-5-7-8-16-38-25-13-10-21(19-26(25)37-6-2)28-27(30(34)31(35)32(28)14-9-15-36-4)29(33)22-11-12-24-23(18-22)17-20(3)39-24/h10-13,18-20,28,33H,5-9,14-17H2,1-4H3/b29-27+/t20-,28+/m0/s1. The van der Waals surface area contributed by atoms with Gasteiger partial charge in [-0.25, -0.2) is 0 Å². The van der Waals surface area contributed by atoms with Gasteiger partial charge in [-0.2, -0.15) is 0 Å². The van der Waals surface area contributed by atoms with Crippen molar-refractivity contribution < 1.29 is 33.6 Å². The molecule has 2 atom stereocenters. The Labute approximate surface area is 230 Å². The molecule has 1 N–H and O–H groups in total. The van der Waals surface area contributed by atoms with Crippen molar-refractivity contribution in [1.82, 2.24) is 4.90 Å². The molecule has 2 aliphatic heterocycles. The number of Topliss-reactive ketones (excluding diaryl/α,β-unsaturated/α-hetero) is 1. The van der Waals surface area contributed by atoms with Gasteiger partial charge in [-0.15, -0.1) is 0 Å². The van der Waals surface area contributed by atoms with E-state index in [2.05, 4.69) is 6.92 Å². The van der Waals surface area contributed by atoms with E-state index in [4.69, 9.17) is 18.9 Å². The summed E-state index contributed by atoms with van der Waals surface area (Å²) in [4.78, 5) is 28.2. The first kappa shape index (κ1) is 28.5. The zero-order valence-corrected chi connectivity index (χ0v) is 23.3. The second kappa shape index (κ2) is 13.0. The summed E-state index contributed by atoms with van der Waals surface area (Å²) < 4.78 is 22.9. The quantitative estimate of drug-likeness (QED) is 0.157. The van der Waals surface area contributed by atoms with Crippen LogP contribution in [0.4, 0.5) is 0 Å². The Balaban J connectivity index is 1.76. The van der Waals surface area contributed by atoms with Crippen molar-refractivity contribution in [2.24, 2.45) is 0 Å². The zero-order valence-electron chi connectivity index (χ0n) is 23.3. The minimum absolute atomic E-state index is 0.0449. The first-order valence-corrected chi connectivity index (χ1v) is 13.9. The number of hydrogen-bond donors (Lipinski definition) is 1. The van der Waals surface area contributed by atoms with E-state index in [1.54, 1.807) is 19.2 Å². The SMILES string of the molecule is CCCCCOc1ccc([C@@H]2/C(=C(\O)c3ccc4c(c3)C[C@H](C)O4)C(=O)C(=O)N2CCCOC)cc1OCC. The van der Waals surface area contributed by atoms with Gasteiger partial charge in [-0.3, -0.25) is 9.59 Å². The van der Waals surface area contributed by atoms with Crippen LogP contribution in [0, 0.1) is 0 Å². The van der Waals surface area contributed by atoms with Gasteiger partial charge in [0.1, 0.15) is 17.6 Å². The Kier molecular flexibility index (Phi) is 9.51. The van der Waals surface area contributed by atoms with Gasteiger partial charge in [0.25, 0.3) is 11.7 Å². The number of carbonyl (C=O) groups is 2. The number of aliphatic hydroxyl groups excluding tert-OH is 1. The number of hydrogen-bond acceptors (Lipinski definition) is 7. The number of amides is 1. The maximum atomic E-state index is 13.4. The van der Waals surface area contributed by atoms with Crippen molar-refractivity contribution in [2.75, 3.05) is 33.5 Å². The molecule has 0 aliphatic carbocycles. The van der Waals surface area contributed by atoms with Crippen molar-refractivity contribution in [3.63, 3.8) is 0 Å². The van der Waals surface area contributed by atoms with Crippen LogP contribution in [-0.2, 0) is 20.7 Å². The van der Waals surface area contributed by atoms with Gasteiger partial charge in [-0.1, -0.05) is 25.8 Å². The summed E-state index contributed by atoms with van der Waals surface area (Å²) in [6, 6.07) is 10.0. The van der Waals surface area contributed by atoms with Crippen LogP contribution in [0.15, 0.2) is 42.0 Å². The molecule has 0 unspecified atom stereocenters. The van der Waals surface area contributed by atoms with E-state index in [0.717, 1.165) is 30.6 Å². The van der Waals surface area contributed by atoms with Gasteiger partial charge in [0.05, 0.1) is 24.8 Å². The highest BCUT2D eigenvalue weighted by Crippen LogP contribution is 2.43.